The Bertz CT molecular complexity index is 889. The number of nitrogens with one attached hydrogen (secondary N) is 1. The molecule has 3 aromatic rings. The van der Waals surface area contributed by atoms with E-state index in [1.54, 1.807) is 6.07 Å². The van der Waals surface area contributed by atoms with E-state index in [0.717, 1.165) is 27.8 Å². The van der Waals surface area contributed by atoms with Crippen LogP contribution in [0.2, 0.25) is 0 Å². The maximum Gasteiger partial charge on any atom is 0.265 e. The second-order valence-electron chi connectivity index (χ2n) is 5.51. The largest absolute Gasteiger partial charge is 0.494 e. The fraction of sp³-hybridized carbons (Fsp3) is 0.158. The van der Waals surface area contributed by atoms with Gasteiger partial charge in [-0.2, -0.15) is 0 Å². The molecule has 122 valence electrons. The Hall–Kier alpha value is -2.92. The number of ether oxygens (including phenoxy) is 1. The van der Waals surface area contributed by atoms with Crippen molar-refractivity contribution in [1.29, 1.82) is 0 Å². The second-order valence-corrected chi connectivity index (χ2v) is 5.51. The average molecular weight is 321 g/mol. The number of hydrazine groups is 1. The van der Waals surface area contributed by atoms with Crippen LogP contribution in [0.25, 0.3) is 22.2 Å². The van der Waals surface area contributed by atoms with E-state index in [0.29, 0.717) is 17.9 Å². The van der Waals surface area contributed by atoms with E-state index < -0.39 is 0 Å². The summed E-state index contributed by atoms with van der Waals surface area (Å²) >= 11 is 0. The fourth-order valence-corrected chi connectivity index (χ4v) is 2.64. The van der Waals surface area contributed by atoms with Crippen molar-refractivity contribution in [2.45, 2.75) is 13.8 Å². The quantitative estimate of drug-likeness (QED) is 0.439. The maximum absolute atomic E-state index is 12.2. The lowest BCUT2D eigenvalue weighted by Crippen LogP contribution is -2.30. The van der Waals surface area contributed by atoms with Crippen LogP contribution in [0.4, 0.5) is 0 Å². The number of nitrogens with zero attached hydrogens (tertiary/aromatic N) is 1. The monoisotopic (exact) mass is 321 g/mol. The van der Waals surface area contributed by atoms with E-state index in [1.807, 2.05) is 56.3 Å². The molecule has 0 radical (unpaired) electrons. The predicted molar refractivity (Wildman–Crippen MR) is 94.7 cm³/mol. The number of nitrogen functional groups attached to an aromatic ring is 1. The summed E-state index contributed by atoms with van der Waals surface area (Å²) in [6.07, 6.45) is 0. The number of hydrogen-bond donors (Lipinski definition) is 2. The Morgan fingerprint density at radius 3 is 2.58 bits per heavy atom. The Balaban J connectivity index is 2.14. The average Bonchev–Trinajstić information content (AvgIpc) is 2.61. The first kappa shape index (κ1) is 16.0. The van der Waals surface area contributed by atoms with Crippen LogP contribution in [-0.4, -0.2) is 17.5 Å². The molecule has 24 heavy (non-hydrogen) atoms. The van der Waals surface area contributed by atoms with Crippen molar-refractivity contribution >= 4 is 16.8 Å². The van der Waals surface area contributed by atoms with E-state index >= 15 is 0 Å². The molecular formula is C19H19N3O2. The van der Waals surface area contributed by atoms with E-state index in [-0.39, 0.29) is 5.91 Å². The minimum Gasteiger partial charge on any atom is -0.494 e. The topological polar surface area (TPSA) is 77.2 Å². The normalized spacial score (nSPS) is 10.6. The molecule has 0 atom stereocenters. The van der Waals surface area contributed by atoms with Gasteiger partial charge in [0.2, 0.25) is 0 Å². The van der Waals surface area contributed by atoms with E-state index in [9.17, 15) is 4.79 Å². The number of carbonyl (C=O) groups is 1. The lowest BCUT2D eigenvalue weighted by molar-refractivity contribution is 0.0955. The van der Waals surface area contributed by atoms with Crippen LogP contribution in [0.1, 0.15) is 22.8 Å². The fourth-order valence-electron chi connectivity index (χ4n) is 2.64. The molecule has 0 spiro atoms. The number of pyridine rings is 1. The van der Waals surface area contributed by atoms with Gasteiger partial charge in [0.25, 0.3) is 5.91 Å². The Kier molecular flexibility index (Phi) is 4.44. The maximum atomic E-state index is 12.2. The van der Waals surface area contributed by atoms with Crippen LogP contribution < -0.4 is 16.0 Å². The molecule has 3 N–H and O–H groups in total. The van der Waals surface area contributed by atoms with Gasteiger partial charge in [0, 0.05) is 10.9 Å². The highest BCUT2D eigenvalue weighted by molar-refractivity contribution is 6.07. The van der Waals surface area contributed by atoms with Crippen molar-refractivity contribution < 1.29 is 9.53 Å². The van der Waals surface area contributed by atoms with Gasteiger partial charge in [0.15, 0.2) is 0 Å². The molecule has 5 nitrogen and oxygen atoms in total. The first-order valence-electron chi connectivity index (χ1n) is 7.78. The number of aromatic nitrogens is 1. The third kappa shape index (κ3) is 3.07. The van der Waals surface area contributed by atoms with Crippen LogP contribution in [0.3, 0.4) is 0 Å². The van der Waals surface area contributed by atoms with Crippen molar-refractivity contribution in [1.82, 2.24) is 10.4 Å². The van der Waals surface area contributed by atoms with Gasteiger partial charge in [-0.3, -0.25) is 10.2 Å². The van der Waals surface area contributed by atoms with E-state index in [1.165, 1.54) is 0 Å². The number of aryl methyl sites for hydroxylation is 1. The van der Waals surface area contributed by atoms with Crippen LogP contribution in [0.5, 0.6) is 5.75 Å². The highest BCUT2D eigenvalue weighted by Crippen LogP contribution is 2.27. The number of nitrogens with two attached hydrogens (primary N) is 1. The summed E-state index contributed by atoms with van der Waals surface area (Å²) in [5.41, 5.74) is 6.16. The molecular weight excluding hydrogens is 302 g/mol. The summed E-state index contributed by atoms with van der Waals surface area (Å²) in [4.78, 5) is 16.9. The predicted octanol–water partition coefficient (Wildman–Crippen LogP) is 3.21. The minimum absolute atomic E-state index is 0.333. The molecule has 2 aromatic carbocycles. The zero-order chi connectivity index (χ0) is 17.1. The molecule has 0 bridgehead atoms. The van der Waals surface area contributed by atoms with Gasteiger partial charge in [-0.05, 0) is 56.3 Å². The summed E-state index contributed by atoms with van der Waals surface area (Å²) < 4.78 is 5.46. The summed E-state index contributed by atoms with van der Waals surface area (Å²) in [6, 6.07) is 15.2. The van der Waals surface area contributed by atoms with Gasteiger partial charge in [-0.15, -0.1) is 0 Å². The number of benzene rings is 2. The smallest absolute Gasteiger partial charge is 0.265 e. The molecule has 0 aliphatic heterocycles. The minimum atomic E-state index is -0.333. The highest BCUT2D eigenvalue weighted by atomic mass is 16.5. The molecule has 1 amide bonds. The molecule has 0 saturated heterocycles. The van der Waals surface area contributed by atoms with Crippen molar-refractivity contribution in [2.75, 3.05) is 6.61 Å². The van der Waals surface area contributed by atoms with Crippen molar-refractivity contribution in [3.63, 3.8) is 0 Å². The molecule has 0 aliphatic carbocycles. The molecule has 3 rings (SSSR count). The number of carbonyl (C=O) groups excluding carboxylic acids is 1. The standard InChI is InChI=1S/C19H19N3O2/c1-3-24-14-7-5-13(6-8-14)18-11-16(19(23)22-20)15-10-12(2)4-9-17(15)21-18/h4-11H,3,20H2,1-2H3,(H,22,23). The first-order chi connectivity index (χ1) is 11.6. The number of hydrogen-bond acceptors (Lipinski definition) is 4. The van der Waals surface area contributed by atoms with Crippen LogP contribution in [0, 0.1) is 6.92 Å². The number of amides is 1. The van der Waals surface area contributed by atoms with E-state index in [4.69, 9.17) is 10.6 Å². The van der Waals surface area contributed by atoms with Crippen LogP contribution in [0.15, 0.2) is 48.5 Å². The lowest BCUT2D eigenvalue weighted by Gasteiger charge is -2.10. The van der Waals surface area contributed by atoms with Crippen molar-refractivity contribution in [3.05, 3.63) is 59.7 Å². The third-order valence-corrected chi connectivity index (χ3v) is 3.80. The van der Waals surface area contributed by atoms with Crippen LogP contribution >= 0.6 is 0 Å². The Morgan fingerprint density at radius 1 is 1.17 bits per heavy atom. The molecule has 0 unspecified atom stereocenters. The van der Waals surface area contributed by atoms with Crippen molar-refractivity contribution in [2.24, 2.45) is 5.84 Å². The molecule has 0 fully saturated rings. The molecule has 1 aromatic heterocycles. The van der Waals surface area contributed by atoms with E-state index in [2.05, 4.69) is 10.4 Å². The van der Waals surface area contributed by atoms with Gasteiger partial charge < -0.3 is 4.74 Å². The molecule has 1 heterocycles. The number of rotatable bonds is 4. The lowest BCUT2D eigenvalue weighted by atomic mass is 10.0. The second kappa shape index (κ2) is 6.68. The molecule has 0 saturated carbocycles. The van der Waals surface area contributed by atoms with Crippen molar-refractivity contribution in [3.8, 4) is 17.0 Å². The van der Waals surface area contributed by atoms with Crippen LogP contribution in [-0.2, 0) is 0 Å². The Morgan fingerprint density at radius 2 is 1.92 bits per heavy atom. The third-order valence-electron chi connectivity index (χ3n) is 3.80. The highest BCUT2D eigenvalue weighted by Gasteiger charge is 2.13. The SMILES string of the molecule is CCOc1ccc(-c2cc(C(=O)NN)c3cc(C)ccc3n2)cc1. The van der Waals surface area contributed by atoms with Gasteiger partial charge >= 0.3 is 0 Å². The van der Waals surface area contributed by atoms with Gasteiger partial charge in [-0.1, -0.05) is 11.6 Å². The summed E-state index contributed by atoms with van der Waals surface area (Å²) in [7, 11) is 0. The Labute approximate surface area is 140 Å². The molecule has 0 aliphatic rings. The summed E-state index contributed by atoms with van der Waals surface area (Å²) in [5, 5.41) is 0.785. The van der Waals surface area contributed by atoms with Gasteiger partial charge in [-0.25, -0.2) is 10.8 Å². The van der Waals surface area contributed by atoms with Gasteiger partial charge in [0.1, 0.15) is 5.75 Å². The zero-order valence-electron chi connectivity index (χ0n) is 13.7. The van der Waals surface area contributed by atoms with Gasteiger partial charge in [0.05, 0.1) is 23.4 Å². The summed E-state index contributed by atoms with van der Waals surface area (Å²) in [6.45, 7) is 4.54. The molecule has 5 heteroatoms. The number of fused-ring (bicyclic) bond motifs is 1. The zero-order valence-corrected chi connectivity index (χ0v) is 13.7. The summed E-state index contributed by atoms with van der Waals surface area (Å²) in [5.74, 6) is 5.81. The first-order valence-corrected chi connectivity index (χ1v) is 7.78.